The number of aliphatic hydroxyl groups excluding tert-OH is 1. The average molecular weight is 893 g/mol. The standard InChI is InChI=1S/C34H65N6O15PS2/c1-56(48)55-52-18-5-3-2-4-13-35-29(42)7-6-8-31(44)39-28(34(47)38-16-21-51-24-26-54-58)10-12-32(45)40-27(33(46)37-15-20-50-23-25-53-57)9-11-30(43)36-14-19-49-22-17-41/h27-28,41,48,57-58H,2-26H2,1H3,(H,35,42)(H,36,43)(H,37,46)(H,38,47)(H,39,44)(H,40,45). The highest BCUT2D eigenvalue weighted by molar-refractivity contribution is 7.75. The summed E-state index contributed by atoms with van der Waals surface area (Å²) in [5.41, 5.74) is 0. The van der Waals surface area contributed by atoms with Gasteiger partial charge in [0.15, 0.2) is 0 Å². The van der Waals surface area contributed by atoms with E-state index < -0.39 is 44.1 Å². The molecule has 0 rings (SSSR count). The first-order valence-electron chi connectivity index (χ1n) is 19.3. The molecule has 338 valence electrons. The van der Waals surface area contributed by atoms with Gasteiger partial charge in [0.05, 0.1) is 66.1 Å². The lowest BCUT2D eigenvalue weighted by atomic mass is 10.1. The van der Waals surface area contributed by atoms with Gasteiger partial charge in [-0.1, -0.05) is 12.8 Å². The van der Waals surface area contributed by atoms with Crippen LogP contribution in [0, 0.1) is 0 Å². The molecule has 0 heterocycles. The smallest absolute Gasteiger partial charge is 0.242 e. The largest absolute Gasteiger partial charge is 0.394 e. The molecule has 0 saturated heterocycles. The first kappa shape index (κ1) is 55.6. The summed E-state index contributed by atoms with van der Waals surface area (Å²) in [4.78, 5) is 90.7. The van der Waals surface area contributed by atoms with Gasteiger partial charge in [-0.3, -0.25) is 28.8 Å². The van der Waals surface area contributed by atoms with Crippen molar-refractivity contribution in [2.24, 2.45) is 0 Å². The molecule has 0 aromatic heterocycles. The molecule has 3 unspecified atom stereocenters. The van der Waals surface area contributed by atoms with Crippen molar-refractivity contribution >= 4 is 69.6 Å². The highest BCUT2D eigenvalue weighted by Crippen LogP contribution is 2.25. The Balaban J connectivity index is 5.14. The van der Waals surface area contributed by atoms with Gasteiger partial charge in [-0.25, -0.2) is 4.89 Å². The summed E-state index contributed by atoms with van der Waals surface area (Å²) in [5, 5.41) is 24.8. The fraction of sp³-hybridized carbons (Fsp3) is 0.824. The van der Waals surface area contributed by atoms with Crippen molar-refractivity contribution in [3.8, 4) is 0 Å². The van der Waals surface area contributed by atoms with Crippen LogP contribution in [0.4, 0.5) is 0 Å². The van der Waals surface area contributed by atoms with Crippen LogP contribution in [0.25, 0.3) is 0 Å². The van der Waals surface area contributed by atoms with Crippen LogP contribution < -0.4 is 31.9 Å². The van der Waals surface area contributed by atoms with Gasteiger partial charge in [-0.2, -0.15) is 4.67 Å². The van der Waals surface area contributed by atoms with Crippen LogP contribution in [0.15, 0.2) is 0 Å². The van der Waals surface area contributed by atoms with E-state index in [0.29, 0.717) is 13.2 Å². The average Bonchev–Trinajstić information content (AvgIpc) is 3.19. The number of aliphatic hydroxyl groups is 1. The number of hydrogen-bond acceptors (Lipinski definition) is 17. The monoisotopic (exact) mass is 892 g/mol. The molecular weight excluding hydrogens is 828 g/mol. The number of rotatable bonds is 40. The molecule has 0 bridgehead atoms. The molecular formula is C34H65N6O15PS2. The van der Waals surface area contributed by atoms with Crippen molar-refractivity contribution in [3.05, 3.63) is 0 Å². The van der Waals surface area contributed by atoms with Crippen LogP contribution in [0.1, 0.15) is 70.6 Å². The van der Waals surface area contributed by atoms with Crippen LogP contribution in [0.2, 0.25) is 0 Å². The van der Waals surface area contributed by atoms with E-state index in [1.165, 1.54) is 6.66 Å². The van der Waals surface area contributed by atoms with Crippen LogP contribution in [-0.2, 0) is 60.9 Å². The van der Waals surface area contributed by atoms with Crippen LogP contribution >= 0.6 is 34.2 Å². The van der Waals surface area contributed by atoms with Gasteiger partial charge in [0.2, 0.25) is 43.8 Å². The van der Waals surface area contributed by atoms with Gasteiger partial charge in [0, 0.05) is 58.5 Å². The summed E-state index contributed by atoms with van der Waals surface area (Å²) in [6.07, 6.45) is 2.99. The van der Waals surface area contributed by atoms with Crippen molar-refractivity contribution in [3.63, 3.8) is 0 Å². The molecule has 24 heteroatoms. The van der Waals surface area contributed by atoms with Gasteiger partial charge in [-0.05, 0) is 57.9 Å². The third-order valence-corrected chi connectivity index (χ3v) is 8.29. The molecule has 0 aliphatic heterocycles. The molecule has 21 nitrogen and oxygen atoms in total. The highest BCUT2D eigenvalue weighted by Gasteiger charge is 2.25. The normalized spacial score (nSPS) is 12.6. The van der Waals surface area contributed by atoms with E-state index in [9.17, 15) is 28.8 Å². The lowest BCUT2D eigenvalue weighted by Crippen LogP contribution is -2.50. The van der Waals surface area contributed by atoms with Gasteiger partial charge in [0.25, 0.3) is 0 Å². The molecule has 0 aliphatic rings. The molecule has 6 amide bonds. The Kier molecular flexibility index (Phi) is 38.4. The topological polar surface area (TPSA) is 280 Å². The van der Waals surface area contributed by atoms with Crippen molar-refractivity contribution in [2.75, 3.05) is 98.9 Å². The van der Waals surface area contributed by atoms with Crippen LogP contribution in [0.5, 0.6) is 0 Å². The number of nitrogens with one attached hydrogen (secondary N) is 6. The number of carbonyl (C=O) groups is 6. The summed E-state index contributed by atoms with van der Waals surface area (Å²) < 4.78 is 29.7. The molecule has 0 fully saturated rings. The molecule has 3 atom stereocenters. The number of ether oxygens (including phenoxy) is 3. The minimum absolute atomic E-state index is 0.0426. The number of carbonyl (C=O) groups excluding carboxylic acids is 6. The second-order valence-corrected chi connectivity index (χ2v) is 14.0. The van der Waals surface area contributed by atoms with Gasteiger partial charge in [-0.15, -0.1) is 0 Å². The molecule has 0 aromatic rings. The van der Waals surface area contributed by atoms with Crippen molar-refractivity contribution in [1.29, 1.82) is 0 Å². The van der Waals surface area contributed by atoms with Crippen LogP contribution in [-0.4, -0.2) is 156 Å². The van der Waals surface area contributed by atoms with Gasteiger partial charge in [0.1, 0.15) is 12.1 Å². The van der Waals surface area contributed by atoms with E-state index in [1.54, 1.807) is 0 Å². The summed E-state index contributed by atoms with van der Waals surface area (Å²) in [5.74, 6) is -2.80. The Morgan fingerprint density at radius 3 is 1.55 bits per heavy atom. The minimum Gasteiger partial charge on any atom is -0.394 e. The maximum Gasteiger partial charge on any atom is 0.242 e. The number of unbranched alkanes of at least 4 members (excludes halogenated alkanes) is 3. The van der Waals surface area contributed by atoms with Gasteiger partial charge < -0.3 is 64.5 Å². The van der Waals surface area contributed by atoms with Gasteiger partial charge >= 0.3 is 0 Å². The number of amides is 6. The molecule has 58 heavy (non-hydrogen) atoms. The van der Waals surface area contributed by atoms with E-state index in [1.807, 2.05) is 0 Å². The first-order valence-corrected chi connectivity index (χ1v) is 21.7. The van der Waals surface area contributed by atoms with Crippen molar-refractivity contribution in [2.45, 2.75) is 82.7 Å². The van der Waals surface area contributed by atoms with Crippen molar-refractivity contribution in [1.82, 2.24) is 31.9 Å². The Labute approximate surface area is 353 Å². The zero-order valence-corrected chi connectivity index (χ0v) is 36.1. The predicted molar refractivity (Wildman–Crippen MR) is 218 cm³/mol. The molecule has 0 aliphatic carbocycles. The molecule has 0 aromatic carbocycles. The second kappa shape index (κ2) is 40.0. The SMILES string of the molecule is CP(O)OOCCCCCCNC(=O)CCCC(=O)NC(CCC(=O)NC(CCC(=O)NCCOCCO)C(=O)NCCOCCOS)C(=O)NCCOCCOS. The summed E-state index contributed by atoms with van der Waals surface area (Å²) >= 11 is 7.27. The lowest BCUT2D eigenvalue weighted by molar-refractivity contribution is -0.205. The van der Waals surface area contributed by atoms with Crippen molar-refractivity contribution < 1.29 is 70.9 Å². The van der Waals surface area contributed by atoms with E-state index >= 15 is 0 Å². The molecule has 0 saturated carbocycles. The molecule has 0 spiro atoms. The minimum atomic E-state index is -1.55. The zero-order chi connectivity index (χ0) is 43.1. The molecule has 0 radical (unpaired) electrons. The summed E-state index contributed by atoms with van der Waals surface area (Å²) in [6, 6.07) is -2.23. The van der Waals surface area contributed by atoms with E-state index in [-0.39, 0.29) is 136 Å². The Hall–Kier alpha value is -2.41. The maximum atomic E-state index is 13.1. The third-order valence-electron chi connectivity index (χ3n) is 7.60. The zero-order valence-electron chi connectivity index (χ0n) is 33.4. The summed E-state index contributed by atoms with van der Waals surface area (Å²) in [6.45, 7) is 4.25. The highest BCUT2D eigenvalue weighted by atomic mass is 32.1. The van der Waals surface area contributed by atoms with Crippen LogP contribution in [0.3, 0.4) is 0 Å². The predicted octanol–water partition coefficient (Wildman–Crippen LogP) is -0.641. The number of thiol groups is 2. The Morgan fingerprint density at radius 1 is 0.534 bits per heavy atom. The van der Waals surface area contributed by atoms with E-state index in [2.05, 4.69) is 70.8 Å². The second-order valence-electron chi connectivity index (χ2n) is 12.5. The maximum absolute atomic E-state index is 13.1. The molecule has 8 N–H and O–H groups in total. The van der Waals surface area contributed by atoms with E-state index in [0.717, 1.165) is 25.7 Å². The lowest BCUT2D eigenvalue weighted by Gasteiger charge is -2.21. The number of hydrogen-bond donors (Lipinski definition) is 10. The quantitative estimate of drug-likeness (QED) is 0.00915. The van der Waals surface area contributed by atoms with E-state index in [4.69, 9.17) is 29.1 Å². The fourth-order valence-electron chi connectivity index (χ4n) is 4.75. The summed E-state index contributed by atoms with van der Waals surface area (Å²) in [7, 11) is -1.55. The Bertz CT molecular complexity index is 1120. The first-order chi connectivity index (χ1) is 28.0. The third kappa shape index (κ3) is 35.5. The Morgan fingerprint density at radius 2 is 1.00 bits per heavy atom. The fourth-order valence-corrected chi connectivity index (χ4v) is 5.13.